The fourth-order valence-corrected chi connectivity index (χ4v) is 1.35. The van der Waals surface area contributed by atoms with Gasteiger partial charge in [0.2, 0.25) is 0 Å². The van der Waals surface area contributed by atoms with E-state index in [2.05, 4.69) is 0 Å². The fourth-order valence-electron chi connectivity index (χ4n) is 1.35. The Bertz CT molecular complexity index is 367. The summed E-state index contributed by atoms with van der Waals surface area (Å²) in [5, 5.41) is 18.7. The van der Waals surface area contributed by atoms with Crippen molar-refractivity contribution in [1.82, 2.24) is 0 Å². The van der Waals surface area contributed by atoms with Crippen LogP contribution in [0.2, 0.25) is 0 Å². The minimum Gasteiger partial charge on any atom is -0.508 e. The molecule has 2 N–H and O–H groups in total. The highest BCUT2D eigenvalue weighted by atomic mass is 16.3. The Morgan fingerprint density at radius 1 is 1.07 bits per heavy atom. The van der Waals surface area contributed by atoms with Crippen molar-refractivity contribution in [3.63, 3.8) is 0 Å². The SMILES string of the molecule is Oc1ccc(N2C=CC=CC2O)cc1. The van der Waals surface area contributed by atoms with Crippen molar-refractivity contribution in [2.24, 2.45) is 0 Å². The number of phenolic OH excluding ortho intramolecular Hbond substituents is 1. The lowest BCUT2D eigenvalue weighted by Gasteiger charge is -2.26. The largest absolute Gasteiger partial charge is 0.508 e. The summed E-state index contributed by atoms with van der Waals surface area (Å²) in [6.07, 6.45) is 6.48. The Labute approximate surface area is 82.2 Å². The molecule has 14 heavy (non-hydrogen) atoms. The summed E-state index contributed by atoms with van der Waals surface area (Å²) < 4.78 is 0. The van der Waals surface area contributed by atoms with Gasteiger partial charge in [-0.3, -0.25) is 0 Å². The summed E-state index contributed by atoms with van der Waals surface area (Å²) in [6.45, 7) is 0. The van der Waals surface area contributed by atoms with Crippen LogP contribution in [0.1, 0.15) is 0 Å². The molecule has 1 heterocycles. The molecule has 1 aromatic rings. The molecule has 1 aromatic carbocycles. The number of allylic oxidation sites excluding steroid dienone is 2. The number of anilines is 1. The molecule has 0 aliphatic carbocycles. The van der Waals surface area contributed by atoms with Gasteiger partial charge in [0.1, 0.15) is 12.0 Å². The van der Waals surface area contributed by atoms with Gasteiger partial charge in [0.05, 0.1) is 0 Å². The quantitative estimate of drug-likeness (QED) is 0.705. The van der Waals surface area contributed by atoms with Crippen molar-refractivity contribution in [3.05, 3.63) is 48.7 Å². The molecule has 0 fully saturated rings. The first kappa shape index (κ1) is 8.84. The number of rotatable bonds is 1. The molecule has 0 saturated carbocycles. The number of benzene rings is 1. The summed E-state index contributed by atoms with van der Waals surface area (Å²) in [4.78, 5) is 1.71. The molecule has 0 spiro atoms. The van der Waals surface area contributed by atoms with Crippen LogP contribution in [0.25, 0.3) is 0 Å². The molecule has 0 bridgehead atoms. The van der Waals surface area contributed by atoms with Gasteiger partial charge in [0, 0.05) is 11.9 Å². The highest BCUT2D eigenvalue weighted by Crippen LogP contribution is 2.21. The van der Waals surface area contributed by atoms with E-state index in [4.69, 9.17) is 5.11 Å². The van der Waals surface area contributed by atoms with Crippen molar-refractivity contribution in [1.29, 1.82) is 0 Å². The van der Waals surface area contributed by atoms with Crippen LogP contribution in [0.15, 0.2) is 48.7 Å². The molecule has 1 unspecified atom stereocenters. The normalized spacial score (nSPS) is 20.1. The van der Waals surface area contributed by atoms with Crippen LogP contribution in [0.3, 0.4) is 0 Å². The van der Waals surface area contributed by atoms with Crippen LogP contribution in [-0.4, -0.2) is 16.4 Å². The summed E-state index contributed by atoms with van der Waals surface area (Å²) in [5.41, 5.74) is 0.843. The molecule has 1 aliphatic heterocycles. The molecule has 1 atom stereocenters. The molecular formula is C11H11NO2. The molecule has 0 saturated heterocycles. The molecule has 1 aliphatic rings. The summed E-state index contributed by atoms with van der Waals surface area (Å²) in [7, 11) is 0. The lowest BCUT2D eigenvalue weighted by Crippen LogP contribution is -2.29. The highest BCUT2D eigenvalue weighted by Gasteiger charge is 2.12. The monoisotopic (exact) mass is 189 g/mol. The average Bonchev–Trinajstić information content (AvgIpc) is 2.20. The molecule has 2 rings (SSSR count). The van der Waals surface area contributed by atoms with E-state index in [0.717, 1.165) is 5.69 Å². The summed E-state index contributed by atoms with van der Waals surface area (Å²) >= 11 is 0. The first-order valence-corrected chi connectivity index (χ1v) is 4.38. The van der Waals surface area contributed by atoms with Crippen LogP contribution in [0.4, 0.5) is 5.69 Å². The van der Waals surface area contributed by atoms with E-state index < -0.39 is 6.23 Å². The molecule has 0 aromatic heterocycles. The maximum atomic E-state index is 9.62. The molecular weight excluding hydrogens is 178 g/mol. The Balaban J connectivity index is 2.27. The van der Waals surface area contributed by atoms with Crippen LogP contribution in [0.5, 0.6) is 5.75 Å². The first-order chi connectivity index (χ1) is 6.77. The third kappa shape index (κ3) is 1.63. The number of aliphatic hydroxyl groups is 1. The van der Waals surface area contributed by atoms with Crippen LogP contribution in [-0.2, 0) is 0 Å². The maximum Gasteiger partial charge on any atom is 0.150 e. The number of aliphatic hydroxyl groups excluding tert-OH is 1. The van der Waals surface area contributed by atoms with Gasteiger partial charge in [-0.05, 0) is 36.4 Å². The summed E-state index contributed by atoms with van der Waals surface area (Å²) in [5.74, 6) is 0.222. The molecule has 3 heteroatoms. The number of nitrogens with zero attached hydrogens (tertiary/aromatic N) is 1. The Morgan fingerprint density at radius 2 is 1.79 bits per heavy atom. The Kier molecular flexibility index (Phi) is 2.24. The van der Waals surface area contributed by atoms with Crippen molar-refractivity contribution in [3.8, 4) is 5.75 Å². The van der Waals surface area contributed by atoms with Crippen molar-refractivity contribution < 1.29 is 10.2 Å². The predicted octanol–water partition coefficient (Wildman–Crippen LogP) is 1.60. The fraction of sp³-hybridized carbons (Fsp3) is 0.0909. The third-order valence-corrected chi connectivity index (χ3v) is 2.07. The second kappa shape index (κ2) is 3.55. The highest BCUT2D eigenvalue weighted by molar-refractivity contribution is 5.53. The van der Waals surface area contributed by atoms with Gasteiger partial charge in [0.15, 0.2) is 0 Å². The van der Waals surface area contributed by atoms with Crippen LogP contribution >= 0.6 is 0 Å². The molecule has 72 valence electrons. The van der Waals surface area contributed by atoms with E-state index >= 15 is 0 Å². The lowest BCUT2D eigenvalue weighted by molar-refractivity contribution is 0.227. The van der Waals surface area contributed by atoms with Crippen LogP contribution < -0.4 is 4.90 Å². The number of hydrogen-bond acceptors (Lipinski definition) is 3. The third-order valence-electron chi connectivity index (χ3n) is 2.07. The number of phenols is 1. The zero-order valence-corrected chi connectivity index (χ0v) is 7.54. The number of aromatic hydroxyl groups is 1. The maximum absolute atomic E-state index is 9.62. The van der Waals surface area contributed by atoms with E-state index in [1.54, 1.807) is 47.5 Å². The van der Waals surface area contributed by atoms with E-state index in [-0.39, 0.29) is 5.75 Å². The van der Waals surface area contributed by atoms with Crippen molar-refractivity contribution in [2.75, 3.05) is 4.90 Å². The Morgan fingerprint density at radius 3 is 2.43 bits per heavy atom. The zero-order valence-electron chi connectivity index (χ0n) is 7.54. The van der Waals surface area contributed by atoms with Gasteiger partial charge in [-0.1, -0.05) is 6.08 Å². The predicted molar refractivity (Wildman–Crippen MR) is 54.9 cm³/mol. The smallest absolute Gasteiger partial charge is 0.150 e. The minimum absolute atomic E-state index is 0.222. The molecule has 3 nitrogen and oxygen atoms in total. The minimum atomic E-state index is -0.635. The zero-order chi connectivity index (χ0) is 9.97. The van der Waals surface area contributed by atoms with Crippen LogP contribution in [0, 0.1) is 0 Å². The van der Waals surface area contributed by atoms with Gasteiger partial charge in [-0.15, -0.1) is 0 Å². The second-order valence-corrected chi connectivity index (χ2v) is 3.06. The van der Waals surface area contributed by atoms with Gasteiger partial charge < -0.3 is 15.1 Å². The molecule has 0 radical (unpaired) electrons. The first-order valence-electron chi connectivity index (χ1n) is 4.38. The lowest BCUT2D eigenvalue weighted by atomic mass is 10.2. The van der Waals surface area contributed by atoms with E-state index in [0.29, 0.717) is 0 Å². The Hall–Kier alpha value is -1.74. The van der Waals surface area contributed by atoms with Gasteiger partial charge >= 0.3 is 0 Å². The number of hydrogen-bond donors (Lipinski definition) is 2. The van der Waals surface area contributed by atoms with Gasteiger partial charge in [-0.25, -0.2) is 0 Å². The van der Waals surface area contributed by atoms with Crippen molar-refractivity contribution >= 4 is 5.69 Å². The van der Waals surface area contributed by atoms with E-state index in [1.807, 2.05) is 6.08 Å². The van der Waals surface area contributed by atoms with Crippen molar-refractivity contribution in [2.45, 2.75) is 6.23 Å². The second-order valence-electron chi connectivity index (χ2n) is 3.06. The standard InChI is InChI=1S/C11H11NO2/c13-10-6-4-9(5-7-10)12-8-2-1-3-11(12)14/h1-8,11,13-14H. The van der Waals surface area contributed by atoms with Gasteiger partial charge in [-0.2, -0.15) is 0 Å². The van der Waals surface area contributed by atoms with E-state index in [9.17, 15) is 5.11 Å². The van der Waals surface area contributed by atoms with E-state index in [1.165, 1.54) is 0 Å². The molecule has 0 amide bonds. The summed E-state index contributed by atoms with van der Waals surface area (Å²) in [6, 6.07) is 6.69. The topological polar surface area (TPSA) is 43.7 Å². The average molecular weight is 189 g/mol. The van der Waals surface area contributed by atoms with Gasteiger partial charge in [0.25, 0.3) is 0 Å².